The molecule has 1 unspecified atom stereocenters. The maximum Gasteiger partial charge on any atom is 0.255 e. The number of pyridine rings is 1. The van der Waals surface area contributed by atoms with E-state index in [1.807, 2.05) is 38.1 Å². The summed E-state index contributed by atoms with van der Waals surface area (Å²) in [6, 6.07) is 11.1. The number of hydrogen-bond donors (Lipinski definition) is 2. The highest BCUT2D eigenvalue weighted by molar-refractivity contribution is 5.82. The summed E-state index contributed by atoms with van der Waals surface area (Å²) in [4.78, 5) is 21.1. The summed E-state index contributed by atoms with van der Waals surface area (Å²) < 4.78 is 5.19. The van der Waals surface area contributed by atoms with Gasteiger partial charge < -0.3 is 14.9 Å². The molecule has 0 fully saturated rings. The first-order valence-corrected chi connectivity index (χ1v) is 9.43. The van der Waals surface area contributed by atoms with Gasteiger partial charge in [-0.2, -0.15) is 4.98 Å². The van der Waals surface area contributed by atoms with Crippen molar-refractivity contribution in [2.24, 2.45) is 0 Å². The predicted octanol–water partition coefficient (Wildman–Crippen LogP) is 2.84. The summed E-state index contributed by atoms with van der Waals surface area (Å²) >= 11 is 0. The van der Waals surface area contributed by atoms with Crippen molar-refractivity contribution in [1.29, 1.82) is 0 Å². The second-order valence-electron chi connectivity index (χ2n) is 6.99. The third kappa shape index (κ3) is 3.53. The number of aromatic nitrogens is 3. The molecule has 2 aromatic heterocycles. The van der Waals surface area contributed by atoms with Crippen LogP contribution < -0.4 is 5.32 Å². The van der Waals surface area contributed by atoms with Gasteiger partial charge in [-0.15, -0.1) is 0 Å². The first-order chi connectivity index (χ1) is 13.5. The number of carbonyl (C=O) groups excluding carboxylic acids is 1. The van der Waals surface area contributed by atoms with Crippen molar-refractivity contribution in [1.82, 2.24) is 20.4 Å². The van der Waals surface area contributed by atoms with Gasteiger partial charge in [-0.25, -0.2) is 0 Å². The second-order valence-corrected chi connectivity index (χ2v) is 6.99. The van der Waals surface area contributed by atoms with E-state index in [0.29, 0.717) is 23.8 Å². The third-order valence-corrected chi connectivity index (χ3v) is 5.00. The first kappa shape index (κ1) is 18.3. The van der Waals surface area contributed by atoms with Gasteiger partial charge in [0.15, 0.2) is 6.10 Å². The van der Waals surface area contributed by atoms with Crippen molar-refractivity contribution in [2.45, 2.75) is 45.3 Å². The van der Waals surface area contributed by atoms with E-state index in [0.717, 1.165) is 35.2 Å². The molecule has 0 bridgehead atoms. The Morgan fingerprint density at radius 2 is 2.18 bits per heavy atom. The van der Waals surface area contributed by atoms with Crippen molar-refractivity contribution < 1.29 is 14.4 Å². The lowest BCUT2D eigenvalue weighted by Gasteiger charge is -2.17. The van der Waals surface area contributed by atoms with Gasteiger partial charge in [-0.1, -0.05) is 30.3 Å². The number of hydrogen-bond acceptors (Lipinski definition) is 6. The van der Waals surface area contributed by atoms with Crippen LogP contribution in [-0.4, -0.2) is 26.1 Å². The Kier molecular flexibility index (Phi) is 4.92. The number of benzene rings is 1. The SMILES string of the molecule is CCc1nc(-c2ccc3c(c2)CC[C@H]3NC(=O)C(O)c2cccc(C)n2)no1. The Labute approximate surface area is 162 Å². The van der Waals surface area contributed by atoms with Crippen LogP contribution in [0.4, 0.5) is 0 Å². The lowest BCUT2D eigenvalue weighted by atomic mass is 10.0. The van der Waals surface area contributed by atoms with Gasteiger partial charge in [0, 0.05) is 17.7 Å². The average molecular weight is 378 g/mol. The summed E-state index contributed by atoms with van der Waals surface area (Å²) in [5.74, 6) is 0.748. The van der Waals surface area contributed by atoms with Crippen LogP contribution in [0.1, 0.15) is 53.9 Å². The van der Waals surface area contributed by atoms with Crippen molar-refractivity contribution in [3.05, 3.63) is 64.8 Å². The summed E-state index contributed by atoms with van der Waals surface area (Å²) in [5, 5.41) is 17.3. The molecule has 0 spiro atoms. The Bertz CT molecular complexity index is 1010. The van der Waals surface area contributed by atoms with E-state index in [4.69, 9.17) is 4.52 Å². The van der Waals surface area contributed by atoms with Crippen LogP contribution >= 0.6 is 0 Å². The smallest absolute Gasteiger partial charge is 0.255 e. The van der Waals surface area contributed by atoms with Crippen LogP contribution in [0.2, 0.25) is 0 Å². The maximum absolute atomic E-state index is 12.5. The molecule has 2 N–H and O–H groups in total. The highest BCUT2D eigenvalue weighted by atomic mass is 16.5. The monoisotopic (exact) mass is 378 g/mol. The number of aryl methyl sites for hydroxylation is 3. The minimum Gasteiger partial charge on any atom is -0.377 e. The minimum atomic E-state index is -1.28. The molecule has 144 valence electrons. The minimum absolute atomic E-state index is 0.132. The van der Waals surface area contributed by atoms with E-state index < -0.39 is 12.0 Å². The molecule has 28 heavy (non-hydrogen) atoms. The summed E-state index contributed by atoms with van der Waals surface area (Å²) in [5.41, 5.74) is 4.22. The van der Waals surface area contributed by atoms with Gasteiger partial charge >= 0.3 is 0 Å². The molecular weight excluding hydrogens is 356 g/mol. The van der Waals surface area contributed by atoms with E-state index in [2.05, 4.69) is 20.4 Å². The van der Waals surface area contributed by atoms with Gasteiger partial charge in [-0.05, 0) is 49.1 Å². The molecule has 0 aliphatic heterocycles. The zero-order valence-electron chi connectivity index (χ0n) is 15.8. The summed E-state index contributed by atoms with van der Waals surface area (Å²) in [6.07, 6.45) is 1.04. The van der Waals surface area contributed by atoms with Gasteiger partial charge in [0.25, 0.3) is 5.91 Å². The van der Waals surface area contributed by atoms with Gasteiger partial charge in [0.1, 0.15) is 0 Å². The topological polar surface area (TPSA) is 101 Å². The highest BCUT2D eigenvalue weighted by Gasteiger charge is 2.28. The Morgan fingerprint density at radius 3 is 2.93 bits per heavy atom. The van der Waals surface area contributed by atoms with Crippen LogP contribution in [0.3, 0.4) is 0 Å². The molecule has 1 aromatic carbocycles. The average Bonchev–Trinajstić information content (AvgIpc) is 3.34. The molecule has 2 heterocycles. The van der Waals surface area contributed by atoms with E-state index >= 15 is 0 Å². The van der Waals surface area contributed by atoms with Crippen LogP contribution in [0.5, 0.6) is 0 Å². The Hall–Kier alpha value is -3.06. The third-order valence-electron chi connectivity index (χ3n) is 5.00. The molecule has 1 amide bonds. The fourth-order valence-electron chi connectivity index (χ4n) is 3.52. The summed E-state index contributed by atoms with van der Waals surface area (Å²) in [7, 11) is 0. The molecule has 0 saturated carbocycles. The van der Waals surface area contributed by atoms with Crippen LogP contribution in [-0.2, 0) is 17.6 Å². The van der Waals surface area contributed by atoms with E-state index in [-0.39, 0.29) is 6.04 Å². The largest absolute Gasteiger partial charge is 0.377 e. The van der Waals surface area contributed by atoms with Gasteiger partial charge in [0.2, 0.25) is 11.7 Å². The van der Waals surface area contributed by atoms with E-state index in [1.165, 1.54) is 0 Å². The van der Waals surface area contributed by atoms with Crippen LogP contribution in [0.25, 0.3) is 11.4 Å². The number of fused-ring (bicyclic) bond motifs is 1. The molecular formula is C21H22N4O3. The summed E-state index contributed by atoms with van der Waals surface area (Å²) in [6.45, 7) is 3.79. The first-order valence-electron chi connectivity index (χ1n) is 9.43. The van der Waals surface area contributed by atoms with E-state index in [1.54, 1.807) is 12.1 Å². The molecule has 0 radical (unpaired) electrons. The van der Waals surface area contributed by atoms with Crippen molar-refractivity contribution in [2.75, 3.05) is 0 Å². The van der Waals surface area contributed by atoms with Crippen molar-refractivity contribution in [3.63, 3.8) is 0 Å². The molecule has 3 aromatic rings. The number of nitrogens with zero attached hydrogens (tertiary/aromatic N) is 3. The van der Waals surface area contributed by atoms with Crippen LogP contribution in [0.15, 0.2) is 40.9 Å². The van der Waals surface area contributed by atoms with Gasteiger partial charge in [0.05, 0.1) is 11.7 Å². The maximum atomic E-state index is 12.5. The number of nitrogens with one attached hydrogen (secondary N) is 1. The molecule has 1 aliphatic carbocycles. The molecule has 1 aliphatic rings. The number of rotatable bonds is 5. The van der Waals surface area contributed by atoms with Crippen molar-refractivity contribution in [3.8, 4) is 11.4 Å². The number of amides is 1. The predicted molar refractivity (Wildman–Crippen MR) is 102 cm³/mol. The van der Waals surface area contributed by atoms with Gasteiger partial charge in [-0.3, -0.25) is 9.78 Å². The standard InChI is InChI=1S/C21H22N4O3/c1-3-18-24-20(25-28-18)14-7-9-15-13(11-14)8-10-16(15)23-21(27)19(26)17-6-4-5-12(2)22-17/h4-7,9,11,16,19,26H,3,8,10H2,1-2H3,(H,23,27)/t16-,19?/m1/s1. The molecule has 7 heteroatoms. The highest BCUT2D eigenvalue weighted by Crippen LogP contribution is 2.34. The number of aliphatic hydroxyl groups is 1. The van der Waals surface area contributed by atoms with Crippen molar-refractivity contribution >= 4 is 5.91 Å². The number of aliphatic hydroxyl groups excluding tert-OH is 1. The lowest BCUT2D eigenvalue weighted by molar-refractivity contribution is -0.130. The lowest BCUT2D eigenvalue weighted by Crippen LogP contribution is -2.32. The molecule has 0 saturated heterocycles. The zero-order valence-corrected chi connectivity index (χ0v) is 15.8. The Balaban J connectivity index is 1.49. The van der Waals surface area contributed by atoms with Crippen LogP contribution in [0, 0.1) is 6.92 Å². The number of carbonyl (C=O) groups is 1. The fraction of sp³-hybridized carbons (Fsp3) is 0.333. The molecule has 4 rings (SSSR count). The fourth-order valence-corrected chi connectivity index (χ4v) is 3.52. The Morgan fingerprint density at radius 1 is 1.32 bits per heavy atom. The normalized spacial score (nSPS) is 16.6. The second kappa shape index (κ2) is 7.52. The zero-order chi connectivity index (χ0) is 19.7. The molecule has 2 atom stereocenters. The molecule has 7 nitrogen and oxygen atoms in total. The quantitative estimate of drug-likeness (QED) is 0.708. The van der Waals surface area contributed by atoms with E-state index in [9.17, 15) is 9.90 Å².